The second kappa shape index (κ2) is 6.45. The van der Waals surface area contributed by atoms with Gasteiger partial charge >= 0.3 is 0 Å². The fourth-order valence-corrected chi connectivity index (χ4v) is 2.10. The van der Waals surface area contributed by atoms with Crippen molar-refractivity contribution in [1.29, 1.82) is 0 Å². The standard InChI is InChI=1S/C15H15BrO2/c1-2-17-13-7-5-8-14(10-13)18-15-9-4-3-6-12(15)11-16/h3-10H,2,11H2,1H3. The van der Waals surface area contributed by atoms with Gasteiger partial charge in [0.15, 0.2) is 0 Å². The predicted octanol–water partition coefficient (Wildman–Crippen LogP) is 4.77. The van der Waals surface area contributed by atoms with Crippen LogP contribution in [-0.4, -0.2) is 6.61 Å². The zero-order valence-corrected chi connectivity index (χ0v) is 11.8. The van der Waals surface area contributed by atoms with Gasteiger partial charge in [0.25, 0.3) is 0 Å². The van der Waals surface area contributed by atoms with Gasteiger partial charge in [0.05, 0.1) is 6.61 Å². The summed E-state index contributed by atoms with van der Waals surface area (Å²) in [4.78, 5) is 0. The van der Waals surface area contributed by atoms with Crippen LogP contribution < -0.4 is 9.47 Å². The molecule has 0 saturated heterocycles. The molecule has 94 valence electrons. The van der Waals surface area contributed by atoms with Crippen LogP contribution in [0.3, 0.4) is 0 Å². The highest BCUT2D eigenvalue weighted by Crippen LogP contribution is 2.28. The monoisotopic (exact) mass is 306 g/mol. The van der Waals surface area contributed by atoms with Gasteiger partial charge in [-0.25, -0.2) is 0 Å². The summed E-state index contributed by atoms with van der Waals surface area (Å²) < 4.78 is 11.3. The Morgan fingerprint density at radius 3 is 2.56 bits per heavy atom. The zero-order valence-electron chi connectivity index (χ0n) is 10.2. The number of rotatable bonds is 5. The summed E-state index contributed by atoms with van der Waals surface area (Å²) in [6, 6.07) is 15.6. The first-order valence-electron chi connectivity index (χ1n) is 5.88. The van der Waals surface area contributed by atoms with Crippen molar-refractivity contribution in [2.75, 3.05) is 6.61 Å². The molecule has 0 aliphatic rings. The van der Waals surface area contributed by atoms with E-state index in [0.717, 1.165) is 28.1 Å². The maximum absolute atomic E-state index is 5.88. The Labute approximate surface area is 116 Å². The van der Waals surface area contributed by atoms with E-state index < -0.39 is 0 Å². The first kappa shape index (κ1) is 13.0. The predicted molar refractivity (Wildman–Crippen MR) is 76.8 cm³/mol. The molecule has 0 amide bonds. The molecule has 2 aromatic carbocycles. The van der Waals surface area contributed by atoms with E-state index in [1.54, 1.807) is 0 Å². The van der Waals surface area contributed by atoms with E-state index in [0.29, 0.717) is 6.61 Å². The molecule has 2 rings (SSSR count). The van der Waals surface area contributed by atoms with Crippen molar-refractivity contribution in [2.24, 2.45) is 0 Å². The minimum atomic E-state index is 0.654. The largest absolute Gasteiger partial charge is 0.494 e. The van der Waals surface area contributed by atoms with E-state index in [-0.39, 0.29) is 0 Å². The molecule has 0 aliphatic carbocycles. The van der Waals surface area contributed by atoms with E-state index in [1.165, 1.54) is 0 Å². The Balaban J connectivity index is 2.20. The molecule has 0 radical (unpaired) electrons. The molecule has 0 aliphatic heterocycles. The van der Waals surface area contributed by atoms with E-state index in [9.17, 15) is 0 Å². The average molecular weight is 307 g/mol. The second-order valence-electron chi connectivity index (χ2n) is 3.75. The molecule has 18 heavy (non-hydrogen) atoms. The van der Waals surface area contributed by atoms with Crippen LogP contribution in [0.2, 0.25) is 0 Å². The molecule has 0 fully saturated rings. The first-order chi connectivity index (χ1) is 8.83. The molecule has 2 aromatic rings. The van der Waals surface area contributed by atoms with Crippen LogP contribution in [0.1, 0.15) is 12.5 Å². The molecule has 0 bridgehead atoms. The van der Waals surface area contributed by atoms with Crippen LogP contribution in [0.15, 0.2) is 48.5 Å². The SMILES string of the molecule is CCOc1cccc(Oc2ccccc2CBr)c1. The van der Waals surface area contributed by atoms with E-state index in [2.05, 4.69) is 15.9 Å². The molecular weight excluding hydrogens is 292 g/mol. The van der Waals surface area contributed by atoms with Gasteiger partial charge in [-0.1, -0.05) is 40.2 Å². The van der Waals surface area contributed by atoms with Crippen molar-refractivity contribution in [3.8, 4) is 17.2 Å². The van der Waals surface area contributed by atoms with E-state index in [1.807, 2.05) is 55.5 Å². The quantitative estimate of drug-likeness (QED) is 0.741. The Bertz CT molecular complexity index is 511. The van der Waals surface area contributed by atoms with Gasteiger partial charge in [-0.2, -0.15) is 0 Å². The number of halogens is 1. The lowest BCUT2D eigenvalue weighted by Gasteiger charge is -2.10. The minimum Gasteiger partial charge on any atom is -0.494 e. The minimum absolute atomic E-state index is 0.654. The third-order valence-electron chi connectivity index (χ3n) is 2.46. The molecule has 0 aromatic heterocycles. The van der Waals surface area contributed by atoms with Gasteiger partial charge in [-0.3, -0.25) is 0 Å². The summed E-state index contributed by atoms with van der Waals surface area (Å²) in [6.07, 6.45) is 0. The topological polar surface area (TPSA) is 18.5 Å². The molecule has 0 atom stereocenters. The number of alkyl halides is 1. The van der Waals surface area contributed by atoms with Crippen LogP contribution in [0.4, 0.5) is 0 Å². The summed E-state index contributed by atoms with van der Waals surface area (Å²) in [5.41, 5.74) is 1.12. The molecule has 0 saturated carbocycles. The maximum Gasteiger partial charge on any atom is 0.131 e. The molecule has 0 N–H and O–H groups in total. The molecule has 0 heterocycles. The highest BCUT2D eigenvalue weighted by Gasteiger charge is 2.03. The Morgan fingerprint density at radius 1 is 1.00 bits per heavy atom. The van der Waals surface area contributed by atoms with Crippen molar-refractivity contribution in [3.05, 3.63) is 54.1 Å². The van der Waals surface area contributed by atoms with E-state index >= 15 is 0 Å². The number of ether oxygens (including phenoxy) is 2. The lowest BCUT2D eigenvalue weighted by molar-refractivity contribution is 0.338. The van der Waals surface area contributed by atoms with Crippen LogP contribution >= 0.6 is 15.9 Å². The number of hydrogen-bond acceptors (Lipinski definition) is 2. The average Bonchev–Trinajstić information content (AvgIpc) is 2.40. The summed E-state index contributed by atoms with van der Waals surface area (Å²) in [7, 11) is 0. The van der Waals surface area contributed by atoms with Crippen molar-refractivity contribution in [2.45, 2.75) is 12.3 Å². The first-order valence-corrected chi connectivity index (χ1v) is 7.00. The summed E-state index contributed by atoms with van der Waals surface area (Å²) in [5.74, 6) is 2.48. The number of para-hydroxylation sites is 1. The molecule has 0 unspecified atom stereocenters. The lowest BCUT2D eigenvalue weighted by Crippen LogP contribution is -1.92. The summed E-state index contributed by atoms with van der Waals surface area (Å²) in [5, 5.41) is 0.772. The third-order valence-corrected chi connectivity index (χ3v) is 3.06. The van der Waals surface area contributed by atoms with E-state index in [4.69, 9.17) is 9.47 Å². The van der Waals surface area contributed by atoms with Crippen LogP contribution in [0, 0.1) is 0 Å². The van der Waals surface area contributed by atoms with Gasteiger partial charge in [0.2, 0.25) is 0 Å². The Morgan fingerprint density at radius 2 is 1.78 bits per heavy atom. The molecule has 2 nitrogen and oxygen atoms in total. The van der Waals surface area contributed by atoms with Crippen molar-refractivity contribution in [1.82, 2.24) is 0 Å². The summed E-state index contributed by atoms with van der Waals surface area (Å²) in [6.45, 7) is 2.62. The van der Waals surface area contributed by atoms with Gasteiger partial charge in [-0.05, 0) is 25.1 Å². The smallest absolute Gasteiger partial charge is 0.131 e. The molecule has 3 heteroatoms. The van der Waals surface area contributed by atoms with Gasteiger partial charge in [0.1, 0.15) is 17.2 Å². The highest BCUT2D eigenvalue weighted by atomic mass is 79.9. The second-order valence-corrected chi connectivity index (χ2v) is 4.31. The Kier molecular flexibility index (Phi) is 4.65. The summed E-state index contributed by atoms with van der Waals surface area (Å²) >= 11 is 3.46. The zero-order chi connectivity index (χ0) is 12.8. The number of hydrogen-bond donors (Lipinski definition) is 0. The third kappa shape index (κ3) is 3.26. The van der Waals surface area contributed by atoms with Crippen molar-refractivity contribution >= 4 is 15.9 Å². The number of benzene rings is 2. The fraction of sp³-hybridized carbons (Fsp3) is 0.200. The van der Waals surface area contributed by atoms with Crippen molar-refractivity contribution < 1.29 is 9.47 Å². The van der Waals surface area contributed by atoms with Gasteiger partial charge in [-0.15, -0.1) is 0 Å². The van der Waals surface area contributed by atoms with Crippen LogP contribution in [-0.2, 0) is 5.33 Å². The van der Waals surface area contributed by atoms with Crippen molar-refractivity contribution in [3.63, 3.8) is 0 Å². The molecule has 0 spiro atoms. The maximum atomic E-state index is 5.88. The fourth-order valence-electron chi connectivity index (χ4n) is 1.63. The Hall–Kier alpha value is -1.48. The van der Waals surface area contributed by atoms with Gasteiger partial charge in [0, 0.05) is 17.0 Å². The highest BCUT2D eigenvalue weighted by molar-refractivity contribution is 9.08. The molecular formula is C15H15BrO2. The van der Waals surface area contributed by atoms with Crippen LogP contribution in [0.25, 0.3) is 0 Å². The van der Waals surface area contributed by atoms with Gasteiger partial charge < -0.3 is 9.47 Å². The lowest BCUT2D eigenvalue weighted by atomic mass is 10.2. The normalized spacial score (nSPS) is 10.1. The van der Waals surface area contributed by atoms with Crippen LogP contribution in [0.5, 0.6) is 17.2 Å².